The number of nitrogens with zero attached hydrogens (tertiary/aromatic N) is 2. The van der Waals surface area contributed by atoms with Crippen LogP contribution in [-0.4, -0.2) is 49.7 Å². The molecule has 2 heterocycles. The van der Waals surface area contributed by atoms with E-state index in [4.69, 9.17) is 0 Å². The zero-order valence-corrected chi connectivity index (χ0v) is 19.8. The number of aromatic nitrogens is 2. The minimum Gasteiger partial charge on any atom is -0.394 e. The smallest absolute Gasteiger partial charge is 0.136 e. The molecule has 1 aromatic heterocycles. The Labute approximate surface area is 198 Å². The van der Waals surface area contributed by atoms with Crippen LogP contribution in [0.2, 0.25) is 0 Å². The van der Waals surface area contributed by atoms with Gasteiger partial charge >= 0.3 is 0 Å². The number of benzene rings is 2. The molecule has 2 aromatic carbocycles. The summed E-state index contributed by atoms with van der Waals surface area (Å²) >= 11 is 0. The van der Waals surface area contributed by atoms with Crippen LogP contribution >= 0.6 is 0 Å². The molecule has 2 unspecified atom stereocenters. The Hall–Kier alpha value is -2.69. The third-order valence-electron chi connectivity index (χ3n) is 6.83. The molecule has 3 aromatic rings. The molecule has 0 amide bonds. The first-order valence-electron chi connectivity index (χ1n) is 11.4. The Bertz CT molecular complexity index is 1180. The van der Waals surface area contributed by atoms with Gasteiger partial charge in [-0.2, -0.15) is 0 Å². The van der Waals surface area contributed by atoms with E-state index in [1.165, 1.54) is 16.7 Å². The van der Waals surface area contributed by atoms with Crippen molar-refractivity contribution in [3.8, 4) is 23.0 Å². The maximum absolute atomic E-state index is 10.3. The Balaban J connectivity index is 1.27. The van der Waals surface area contributed by atoms with Crippen LogP contribution in [0.15, 0.2) is 60.9 Å². The molecule has 0 spiro atoms. The molecule has 5 nitrogen and oxygen atoms in total. The Kier molecular flexibility index (Phi) is 5.75. The summed E-state index contributed by atoms with van der Waals surface area (Å²) in [7, 11) is 3.32. The van der Waals surface area contributed by atoms with E-state index in [-0.39, 0.29) is 12.5 Å². The lowest BCUT2D eigenvalue weighted by atomic mass is 9.93. The van der Waals surface area contributed by atoms with Crippen molar-refractivity contribution < 1.29 is 10.2 Å². The van der Waals surface area contributed by atoms with E-state index in [1.54, 1.807) is 19.3 Å². The van der Waals surface area contributed by atoms with Crippen LogP contribution < -0.4 is 5.32 Å². The van der Waals surface area contributed by atoms with Crippen molar-refractivity contribution in [3.63, 3.8) is 0 Å². The van der Waals surface area contributed by atoms with Crippen LogP contribution in [0.1, 0.15) is 30.3 Å². The summed E-state index contributed by atoms with van der Waals surface area (Å²) in [5.41, 5.74) is 4.19. The molecule has 6 heteroatoms. The number of hydrogen-bond acceptors (Lipinski definition) is 4. The van der Waals surface area contributed by atoms with Crippen LogP contribution in [0.25, 0.3) is 11.1 Å². The standard InChI is InChI=1S/C27H28N3O2Si/c1-26(32,33)25-29-12-13-30(25)27(18-31)15-24(27)11-6-19-2-7-22(8-3-19)23-9-4-20(5-10-23)14-21-16-28-17-21/h2-5,7-10,12-13,21,24,28,31-32H,14-18H2,1H3/t24?,26?,27-/m0/s1. The Morgan fingerprint density at radius 1 is 1.15 bits per heavy atom. The average Bonchev–Trinajstić information content (AvgIpc) is 3.26. The number of aliphatic hydroxyl groups excluding tert-OH is 1. The van der Waals surface area contributed by atoms with Gasteiger partial charge in [0.2, 0.25) is 0 Å². The van der Waals surface area contributed by atoms with Gasteiger partial charge in [0.05, 0.1) is 22.4 Å². The quantitative estimate of drug-likeness (QED) is 0.395. The number of nitrogens with one attached hydrogen (secondary N) is 1. The fraction of sp³-hybridized carbons (Fsp3) is 0.370. The van der Waals surface area contributed by atoms with Crippen LogP contribution in [0.3, 0.4) is 0 Å². The zero-order valence-electron chi connectivity index (χ0n) is 18.8. The lowest BCUT2D eigenvalue weighted by molar-refractivity contribution is 0.122. The highest BCUT2D eigenvalue weighted by Crippen LogP contribution is 2.50. The summed E-state index contributed by atoms with van der Waals surface area (Å²) in [6.45, 7) is 3.83. The minimum absolute atomic E-state index is 0.00237. The highest BCUT2D eigenvalue weighted by Gasteiger charge is 2.56. The SMILES string of the molecule is CC(O)([Si])c1nccn1[C@]1(CO)CC1C#Cc1ccc(-c2ccc(CC3CNC3)cc2)cc1. The van der Waals surface area contributed by atoms with Crippen LogP contribution in [-0.2, 0) is 17.2 Å². The van der Waals surface area contributed by atoms with Crippen molar-refractivity contribution in [2.45, 2.75) is 30.5 Å². The number of rotatable bonds is 6. The summed E-state index contributed by atoms with van der Waals surface area (Å²) < 4.78 is 1.85. The van der Waals surface area contributed by atoms with Gasteiger partial charge in [0.25, 0.3) is 0 Å². The van der Waals surface area contributed by atoms with E-state index in [1.807, 2.05) is 16.7 Å². The summed E-state index contributed by atoms with van der Waals surface area (Å²) in [4.78, 5) is 4.26. The van der Waals surface area contributed by atoms with Gasteiger partial charge < -0.3 is 20.1 Å². The predicted molar refractivity (Wildman–Crippen MR) is 130 cm³/mol. The van der Waals surface area contributed by atoms with Gasteiger partial charge in [0, 0.05) is 23.9 Å². The molecule has 1 aliphatic carbocycles. The molecule has 2 aliphatic rings. The minimum atomic E-state index is -1.27. The fourth-order valence-corrected chi connectivity index (χ4v) is 4.78. The van der Waals surface area contributed by atoms with E-state index in [2.05, 4.69) is 68.8 Å². The molecule has 5 rings (SSSR count). The summed E-state index contributed by atoms with van der Waals surface area (Å²) in [6, 6.07) is 17.2. The topological polar surface area (TPSA) is 70.3 Å². The summed E-state index contributed by atoms with van der Waals surface area (Å²) in [5.74, 6) is 7.83. The highest BCUT2D eigenvalue weighted by molar-refractivity contribution is 6.13. The van der Waals surface area contributed by atoms with Crippen LogP contribution in [0.4, 0.5) is 0 Å². The van der Waals surface area contributed by atoms with Crippen LogP contribution in [0, 0.1) is 23.7 Å². The fourth-order valence-electron chi connectivity index (χ4n) is 4.60. The van der Waals surface area contributed by atoms with E-state index in [9.17, 15) is 10.2 Å². The van der Waals surface area contributed by atoms with Gasteiger partial charge in [-0.3, -0.25) is 0 Å². The van der Waals surface area contributed by atoms with Gasteiger partial charge in [-0.15, -0.1) is 0 Å². The first-order chi connectivity index (χ1) is 15.9. The van der Waals surface area contributed by atoms with Crippen molar-refractivity contribution >= 4 is 10.2 Å². The van der Waals surface area contributed by atoms with Gasteiger partial charge in [0.15, 0.2) is 0 Å². The molecule has 2 fully saturated rings. The third kappa shape index (κ3) is 4.42. The first-order valence-corrected chi connectivity index (χ1v) is 11.9. The molecule has 1 saturated heterocycles. The van der Waals surface area contributed by atoms with Crippen LogP contribution in [0.5, 0.6) is 0 Å². The zero-order chi connectivity index (χ0) is 23.1. The summed E-state index contributed by atoms with van der Waals surface area (Å²) in [5, 5.41) is 22.5. The molecular weight excluding hydrogens is 426 g/mol. The van der Waals surface area contributed by atoms with Crippen molar-refractivity contribution in [1.29, 1.82) is 0 Å². The first kappa shape index (κ1) is 22.1. The lowest BCUT2D eigenvalue weighted by Gasteiger charge is -2.27. The van der Waals surface area contributed by atoms with E-state index in [0.29, 0.717) is 5.82 Å². The van der Waals surface area contributed by atoms with E-state index < -0.39 is 10.8 Å². The molecule has 167 valence electrons. The normalized spacial score (nSPS) is 23.8. The molecule has 3 atom stereocenters. The molecule has 3 radical (unpaired) electrons. The van der Waals surface area contributed by atoms with Crippen molar-refractivity contribution in [2.75, 3.05) is 19.7 Å². The summed E-state index contributed by atoms with van der Waals surface area (Å²) in [6.07, 6.45) is 5.31. The van der Waals surface area contributed by atoms with Gasteiger partial charge in [-0.1, -0.05) is 48.2 Å². The van der Waals surface area contributed by atoms with Crippen molar-refractivity contribution in [3.05, 3.63) is 77.9 Å². The highest BCUT2D eigenvalue weighted by atomic mass is 28.1. The second kappa shape index (κ2) is 8.58. The number of imidazole rings is 1. The Morgan fingerprint density at radius 3 is 2.39 bits per heavy atom. The molecule has 3 N–H and O–H groups in total. The second-order valence-corrected chi connectivity index (χ2v) is 10.5. The molecular formula is C27H28N3O2Si. The molecule has 1 aliphatic heterocycles. The number of aliphatic hydroxyl groups is 2. The van der Waals surface area contributed by atoms with E-state index in [0.717, 1.165) is 37.4 Å². The second-order valence-electron chi connectivity index (χ2n) is 9.48. The predicted octanol–water partition coefficient (Wildman–Crippen LogP) is 2.40. The molecule has 0 bridgehead atoms. The monoisotopic (exact) mass is 454 g/mol. The van der Waals surface area contributed by atoms with E-state index >= 15 is 0 Å². The largest absolute Gasteiger partial charge is 0.394 e. The van der Waals surface area contributed by atoms with Gasteiger partial charge in [0.1, 0.15) is 11.0 Å². The van der Waals surface area contributed by atoms with Crippen molar-refractivity contribution in [1.82, 2.24) is 14.9 Å². The maximum Gasteiger partial charge on any atom is 0.136 e. The van der Waals surface area contributed by atoms with Crippen molar-refractivity contribution in [2.24, 2.45) is 11.8 Å². The number of hydrogen-bond donors (Lipinski definition) is 3. The lowest BCUT2D eigenvalue weighted by Crippen LogP contribution is -2.43. The molecule has 1 saturated carbocycles. The van der Waals surface area contributed by atoms with Gasteiger partial charge in [-0.05, 0) is 67.6 Å². The Morgan fingerprint density at radius 2 is 1.82 bits per heavy atom. The third-order valence-corrected chi connectivity index (χ3v) is 7.05. The molecule has 33 heavy (non-hydrogen) atoms. The maximum atomic E-state index is 10.3. The van der Waals surface area contributed by atoms with Gasteiger partial charge in [-0.25, -0.2) is 4.98 Å². The average molecular weight is 455 g/mol.